The lowest BCUT2D eigenvalue weighted by atomic mass is 10.0. The number of halogens is 3. The second-order valence-corrected chi connectivity index (χ2v) is 8.19. The summed E-state index contributed by atoms with van der Waals surface area (Å²) >= 11 is 0. The van der Waals surface area contributed by atoms with Gasteiger partial charge in [-0.05, 0) is 37.1 Å². The summed E-state index contributed by atoms with van der Waals surface area (Å²) in [5, 5.41) is 15.5. The Morgan fingerprint density at radius 1 is 1.32 bits per heavy atom. The predicted molar refractivity (Wildman–Crippen MR) is 128 cm³/mol. The van der Waals surface area contributed by atoms with Gasteiger partial charge in [0.15, 0.2) is 5.69 Å². The van der Waals surface area contributed by atoms with Crippen LogP contribution in [0.15, 0.2) is 43.0 Å². The molecule has 0 saturated carbocycles. The molecule has 4 aromatic rings. The first kappa shape index (κ1) is 25.7. The van der Waals surface area contributed by atoms with Gasteiger partial charge in [0.1, 0.15) is 12.3 Å². The Kier molecular flexibility index (Phi) is 7.17. The number of amides is 1. The summed E-state index contributed by atoms with van der Waals surface area (Å²) in [5.74, 6) is 2.38. The maximum absolute atomic E-state index is 13.7. The van der Waals surface area contributed by atoms with E-state index in [-0.39, 0.29) is 41.8 Å². The molecule has 192 valence electrons. The molecule has 37 heavy (non-hydrogen) atoms. The van der Waals surface area contributed by atoms with Crippen LogP contribution in [0.4, 0.5) is 13.2 Å². The lowest BCUT2D eigenvalue weighted by Gasteiger charge is -2.14. The number of alkyl halides is 3. The number of imidazole rings is 1. The number of rotatable bonds is 8. The predicted octanol–water partition coefficient (Wildman–Crippen LogP) is 3.71. The van der Waals surface area contributed by atoms with Gasteiger partial charge >= 0.3 is 6.18 Å². The zero-order valence-electron chi connectivity index (χ0n) is 20.0. The van der Waals surface area contributed by atoms with Crippen molar-refractivity contribution in [3.63, 3.8) is 0 Å². The minimum absolute atomic E-state index is 0.0616. The molecule has 0 aliphatic carbocycles. The number of ether oxygens (including phenoxy) is 1. The number of terminal acetylenes is 1. The normalized spacial score (nSPS) is 12.4. The molecular formula is C25H23F3N6O3. The van der Waals surface area contributed by atoms with Gasteiger partial charge in [-0.1, -0.05) is 12.8 Å². The number of carbonyl (C=O) groups is 1. The standard InChI is InChI=1S/C25H23F3N6O3/c1-4-9-33-13-19(21(32-33)25(26,27)28)20-12-30-22-24(29-8-10-34(20)22)37-17-6-7-18(16(5-2)11-17)23(36)31-15(3)14-35/h1,6-8,10-13,15,35H,5,9,14H2,2-3H3,(H,31,36)/t15-/m1/s1. The Morgan fingerprint density at radius 3 is 2.78 bits per heavy atom. The number of aryl methyl sites for hydroxylation is 1. The molecule has 0 saturated heterocycles. The molecule has 0 radical (unpaired) electrons. The Bertz CT molecular complexity index is 1490. The summed E-state index contributed by atoms with van der Waals surface area (Å²) in [6, 6.07) is 4.46. The molecule has 0 unspecified atom stereocenters. The van der Waals surface area contributed by atoms with E-state index >= 15 is 0 Å². The van der Waals surface area contributed by atoms with Crippen molar-refractivity contribution in [2.45, 2.75) is 39.0 Å². The van der Waals surface area contributed by atoms with E-state index in [0.29, 0.717) is 23.3 Å². The van der Waals surface area contributed by atoms with E-state index in [0.717, 1.165) is 4.68 Å². The maximum atomic E-state index is 13.7. The fourth-order valence-corrected chi connectivity index (χ4v) is 3.77. The minimum Gasteiger partial charge on any atom is -0.436 e. The lowest BCUT2D eigenvalue weighted by molar-refractivity contribution is -0.141. The third kappa shape index (κ3) is 5.26. The van der Waals surface area contributed by atoms with Crippen LogP contribution in [0.1, 0.15) is 35.5 Å². The molecule has 0 aliphatic heterocycles. The zero-order chi connectivity index (χ0) is 26.7. The number of benzene rings is 1. The summed E-state index contributed by atoms with van der Waals surface area (Å²) in [6.45, 7) is 3.25. The van der Waals surface area contributed by atoms with Gasteiger partial charge in [-0.3, -0.25) is 13.9 Å². The lowest BCUT2D eigenvalue weighted by Crippen LogP contribution is -2.35. The van der Waals surface area contributed by atoms with Crippen LogP contribution < -0.4 is 10.1 Å². The number of aromatic nitrogens is 5. The summed E-state index contributed by atoms with van der Waals surface area (Å²) in [6.07, 6.45) is 6.42. The van der Waals surface area contributed by atoms with Crippen LogP contribution >= 0.6 is 0 Å². The Hall–Kier alpha value is -4.37. The molecule has 1 amide bonds. The SMILES string of the molecule is C#CCn1cc(-c2cnc3c(Oc4ccc(C(=O)N[C@H](C)CO)c(CC)c4)nccn23)c(C(F)(F)F)n1. The molecule has 4 rings (SSSR count). The van der Waals surface area contributed by atoms with Crippen LogP contribution in [0.3, 0.4) is 0 Å². The monoisotopic (exact) mass is 512 g/mol. The van der Waals surface area contributed by atoms with Crippen LogP contribution in [-0.2, 0) is 19.1 Å². The van der Waals surface area contributed by atoms with Gasteiger partial charge in [0, 0.05) is 30.2 Å². The summed E-state index contributed by atoms with van der Waals surface area (Å²) < 4.78 is 49.4. The van der Waals surface area contributed by atoms with Crippen molar-refractivity contribution < 1.29 is 27.8 Å². The molecule has 3 aromatic heterocycles. The van der Waals surface area contributed by atoms with Crippen LogP contribution in [0.25, 0.3) is 16.9 Å². The highest BCUT2D eigenvalue weighted by Crippen LogP contribution is 2.37. The molecule has 0 aliphatic rings. The summed E-state index contributed by atoms with van der Waals surface area (Å²) in [7, 11) is 0. The first-order valence-corrected chi connectivity index (χ1v) is 11.3. The summed E-state index contributed by atoms with van der Waals surface area (Å²) in [4.78, 5) is 21.0. The van der Waals surface area contributed by atoms with E-state index in [4.69, 9.17) is 11.2 Å². The minimum atomic E-state index is -4.70. The van der Waals surface area contributed by atoms with E-state index in [1.807, 2.05) is 6.92 Å². The van der Waals surface area contributed by atoms with Gasteiger partial charge in [0.25, 0.3) is 11.8 Å². The fraction of sp³-hybridized carbons (Fsp3) is 0.280. The zero-order valence-corrected chi connectivity index (χ0v) is 20.0. The van der Waals surface area contributed by atoms with E-state index in [1.54, 1.807) is 25.1 Å². The highest BCUT2D eigenvalue weighted by Gasteiger charge is 2.38. The molecule has 3 heterocycles. The molecule has 12 heteroatoms. The van der Waals surface area contributed by atoms with Crippen LogP contribution in [0.5, 0.6) is 11.6 Å². The fourth-order valence-electron chi connectivity index (χ4n) is 3.77. The Morgan fingerprint density at radius 2 is 2.11 bits per heavy atom. The van der Waals surface area contributed by atoms with E-state index in [1.165, 1.54) is 29.2 Å². The van der Waals surface area contributed by atoms with Crippen molar-refractivity contribution in [2.24, 2.45) is 0 Å². The largest absolute Gasteiger partial charge is 0.436 e. The quantitative estimate of drug-likeness (QED) is 0.349. The van der Waals surface area contributed by atoms with Crippen molar-refractivity contribution in [3.05, 3.63) is 59.8 Å². The van der Waals surface area contributed by atoms with Crippen molar-refractivity contribution in [2.75, 3.05) is 6.61 Å². The number of nitrogens with one attached hydrogen (secondary N) is 1. The number of carbonyl (C=O) groups excluding carboxylic acids is 1. The van der Waals surface area contributed by atoms with Crippen molar-refractivity contribution >= 4 is 11.6 Å². The third-order valence-corrected chi connectivity index (χ3v) is 5.52. The number of nitrogens with zero attached hydrogens (tertiary/aromatic N) is 5. The number of hydrogen-bond acceptors (Lipinski definition) is 6. The van der Waals surface area contributed by atoms with E-state index in [9.17, 15) is 23.1 Å². The van der Waals surface area contributed by atoms with E-state index in [2.05, 4.69) is 26.3 Å². The molecule has 1 atom stereocenters. The first-order chi connectivity index (χ1) is 17.7. The topological polar surface area (TPSA) is 107 Å². The number of fused-ring (bicyclic) bond motifs is 1. The number of hydrogen-bond donors (Lipinski definition) is 2. The second kappa shape index (κ2) is 10.3. The number of aliphatic hydroxyl groups is 1. The molecule has 2 N–H and O–H groups in total. The highest BCUT2D eigenvalue weighted by atomic mass is 19.4. The van der Waals surface area contributed by atoms with Gasteiger partial charge in [0.05, 0.1) is 24.1 Å². The summed E-state index contributed by atoms with van der Waals surface area (Å²) in [5.41, 5.74) is 0.193. The van der Waals surface area contributed by atoms with Crippen LogP contribution in [0.2, 0.25) is 0 Å². The third-order valence-electron chi connectivity index (χ3n) is 5.52. The molecule has 1 aromatic carbocycles. The Balaban J connectivity index is 1.70. The van der Waals surface area contributed by atoms with Gasteiger partial charge in [-0.2, -0.15) is 18.3 Å². The first-order valence-electron chi connectivity index (χ1n) is 11.3. The van der Waals surface area contributed by atoms with Crippen molar-refractivity contribution in [1.82, 2.24) is 29.5 Å². The molecule has 0 fully saturated rings. The van der Waals surface area contributed by atoms with Gasteiger partial charge in [-0.25, -0.2) is 9.97 Å². The highest BCUT2D eigenvalue weighted by molar-refractivity contribution is 5.96. The van der Waals surface area contributed by atoms with Crippen molar-refractivity contribution in [1.29, 1.82) is 0 Å². The average Bonchev–Trinajstić information content (AvgIpc) is 3.49. The van der Waals surface area contributed by atoms with Crippen LogP contribution in [-0.4, -0.2) is 47.8 Å². The van der Waals surface area contributed by atoms with Gasteiger partial charge in [0.2, 0.25) is 5.65 Å². The van der Waals surface area contributed by atoms with Crippen molar-refractivity contribution in [3.8, 4) is 35.2 Å². The Labute approximate surface area is 209 Å². The van der Waals surface area contributed by atoms with Crippen LogP contribution in [0, 0.1) is 12.3 Å². The van der Waals surface area contributed by atoms with Gasteiger partial charge in [-0.15, -0.1) is 6.42 Å². The smallest absolute Gasteiger partial charge is 0.435 e. The van der Waals surface area contributed by atoms with Gasteiger partial charge < -0.3 is 15.2 Å². The maximum Gasteiger partial charge on any atom is 0.435 e. The average molecular weight is 512 g/mol. The molecule has 9 nitrogen and oxygen atoms in total. The second-order valence-electron chi connectivity index (χ2n) is 8.19. The van der Waals surface area contributed by atoms with E-state index < -0.39 is 17.9 Å². The molecule has 0 spiro atoms. The molecule has 0 bridgehead atoms. The molecular weight excluding hydrogens is 489 g/mol. The number of aliphatic hydroxyl groups excluding tert-OH is 1.